The molecule has 8 nitrogen and oxygen atoms in total. The van der Waals surface area contributed by atoms with Crippen LogP contribution in [0.15, 0.2) is 0 Å². The summed E-state index contributed by atoms with van der Waals surface area (Å²) in [7, 11) is -7.05. The minimum absolute atomic E-state index is 0.255. The average Bonchev–Trinajstić information content (AvgIpc) is 3.37. The molecule has 2 rings (SSSR count). The van der Waals surface area contributed by atoms with Crippen LogP contribution in [0.1, 0.15) is 54.4 Å². The molecule has 2 aliphatic rings. The highest BCUT2D eigenvalue weighted by molar-refractivity contribution is 8.04. The first-order valence-electron chi connectivity index (χ1n) is 10.8. The fourth-order valence-corrected chi connectivity index (χ4v) is 5.42. The molecular weight excluding hydrogens is 462 g/mol. The molecule has 186 valence electrons. The molecule has 1 aliphatic carbocycles. The van der Waals surface area contributed by atoms with Crippen molar-refractivity contribution < 1.29 is 36.0 Å². The number of likely N-dealkylation sites (tertiary alicyclic amines) is 1. The first kappa shape index (κ1) is 27.1. The minimum atomic E-state index is -4.61. The quantitative estimate of drug-likeness (QED) is 0.563. The molecular formula is C20H36F2N2O6SSi. The van der Waals surface area contributed by atoms with E-state index >= 15 is 8.78 Å². The summed E-state index contributed by atoms with van der Waals surface area (Å²) in [4.78, 5) is 25.6. The summed E-state index contributed by atoms with van der Waals surface area (Å²) in [6.07, 6.45) is -0.141. The van der Waals surface area contributed by atoms with Crippen molar-refractivity contribution in [2.75, 3.05) is 13.2 Å². The third kappa shape index (κ3) is 6.06. The lowest BCUT2D eigenvalue weighted by Crippen LogP contribution is -2.54. The van der Waals surface area contributed by atoms with Crippen LogP contribution in [0.4, 0.5) is 13.6 Å². The zero-order valence-electron chi connectivity index (χ0n) is 20.1. The second kappa shape index (κ2) is 8.59. The summed E-state index contributed by atoms with van der Waals surface area (Å²) < 4.78 is 68.7. The van der Waals surface area contributed by atoms with Crippen LogP contribution in [0.5, 0.6) is 0 Å². The number of rotatable bonds is 6. The Morgan fingerprint density at radius 3 is 2.09 bits per heavy atom. The molecule has 32 heavy (non-hydrogen) atoms. The number of amides is 1. The van der Waals surface area contributed by atoms with Crippen LogP contribution in [0.2, 0.25) is 18.1 Å². The average molecular weight is 499 g/mol. The molecule has 0 radical (unpaired) electrons. The summed E-state index contributed by atoms with van der Waals surface area (Å²) in [5.41, 5.74) is -0.934. The fourth-order valence-electron chi connectivity index (χ4n) is 3.01. The van der Waals surface area contributed by atoms with Gasteiger partial charge in [0.05, 0.1) is 6.61 Å². The minimum Gasteiger partial charge on any atom is -0.444 e. The zero-order valence-corrected chi connectivity index (χ0v) is 21.9. The Morgan fingerprint density at radius 1 is 1.12 bits per heavy atom. The van der Waals surface area contributed by atoms with Crippen LogP contribution < -0.4 is 4.72 Å². The Bertz CT molecular complexity index is 847. The number of nitrogens with zero attached hydrogens (tertiary/aromatic N) is 1. The number of sulfonamides is 1. The highest BCUT2D eigenvalue weighted by atomic mass is 32.2. The van der Waals surface area contributed by atoms with E-state index in [0.717, 1.165) is 4.90 Å². The van der Waals surface area contributed by atoms with Gasteiger partial charge in [-0.2, -0.15) is 4.72 Å². The molecule has 2 atom stereocenters. The molecule has 1 heterocycles. The molecule has 0 spiro atoms. The Labute approximate surface area is 190 Å². The van der Waals surface area contributed by atoms with Crippen molar-refractivity contribution in [1.82, 2.24) is 9.62 Å². The van der Waals surface area contributed by atoms with Gasteiger partial charge in [0, 0.05) is 12.5 Å². The van der Waals surface area contributed by atoms with Crippen molar-refractivity contribution in [2.45, 2.75) is 96.1 Å². The number of ether oxygens (including phenoxy) is 1. The Kier molecular flexibility index (Phi) is 7.28. The highest BCUT2D eigenvalue weighted by Crippen LogP contribution is 2.40. The molecule has 1 N–H and O–H groups in total. The van der Waals surface area contributed by atoms with Crippen molar-refractivity contribution in [3.05, 3.63) is 0 Å². The molecule has 0 aromatic rings. The lowest BCUT2D eigenvalue weighted by molar-refractivity contribution is -0.113. The van der Waals surface area contributed by atoms with E-state index in [4.69, 9.17) is 9.16 Å². The third-order valence-corrected chi connectivity index (χ3v) is 12.1. The van der Waals surface area contributed by atoms with Crippen LogP contribution in [-0.2, 0) is 24.0 Å². The van der Waals surface area contributed by atoms with Crippen LogP contribution in [-0.4, -0.2) is 69.6 Å². The van der Waals surface area contributed by atoms with E-state index < -0.39 is 72.2 Å². The van der Waals surface area contributed by atoms with Gasteiger partial charge in [0.25, 0.3) is 21.1 Å². The second-order valence-electron chi connectivity index (χ2n) is 11.2. The number of carbonyl (C=O) groups is 2. The topological polar surface area (TPSA) is 102 Å². The van der Waals surface area contributed by atoms with Gasteiger partial charge in [-0.05, 0) is 51.7 Å². The molecule has 0 aromatic heterocycles. The van der Waals surface area contributed by atoms with Gasteiger partial charge in [-0.1, -0.05) is 20.8 Å². The molecule has 1 aliphatic heterocycles. The fraction of sp³-hybridized carbons (Fsp3) is 0.900. The SMILES string of the molecule is CC(C)(C)OC(=O)N1C[C@@H](NS(=O)(=O)C(=O)C2CC2)C(F)(F)[C@H]1CO[Si](C)(C)C(C)(C)C. The van der Waals surface area contributed by atoms with Crippen molar-refractivity contribution in [3.8, 4) is 0 Å². The van der Waals surface area contributed by atoms with E-state index in [1.54, 1.807) is 20.8 Å². The Hall–Kier alpha value is -1.11. The third-order valence-electron chi connectivity index (χ3n) is 6.17. The number of carbonyl (C=O) groups excluding carboxylic acids is 2. The Balaban J connectivity index is 2.31. The Morgan fingerprint density at radius 2 is 1.66 bits per heavy atom. The maximum atomic E-state index is 15.4. The standard InChI is InChI=1S/C20H36F2N2O6SSi/c1-18(2,3)30-17(26)24-11-14(23-31(27,28)16(25)13-9-10-13)20(21,22)15(24)12-29-32(7,8)19(4,5)6/h13-15,23H,9-12H2,1-8H3/t14-,15-/m1/s1. The van der Waals surface area contributed by atoms with Crippen molar-refractivity contribution in [1.29, 1.82) is 0 Å². The molecule has 0 unspecified atom stereocenters. The van der Waals surface area contributed by atoms with Crippen LogP contribution in [0.3, 0.4) is 0 Å². The van der Waals surface area contributed by atoms with Crippen LogP contribution in [0, 0.1) is 5.92 Å². The predicted octanol–water partition coefficient (Wildman–Crippen LogP) is 3.49. The second-order valence-corrected chi connectivity index (χ2v) is 17.6. The summed E-state index contributed by atoms with van der Waals surface area (Å²) in [5, 5.41) is -1.34. The first-order chi connectivity index (χ1) is 14.2. The molecule has 0 bridgehead atoms. The van der Waals surface area contributed by atoms with Crippen molar-refractivity contribution in [2.24, 2.45) is 5.92 Å². The number of nitrogens with one attached hydrogen (secondary N) is 1. The monoisotopic (exact) mass is 498 g/mol. The van der Waals surface area contributed by atoms with Gasteiger partial charge in [0.1, 0.15) is 17.7 Å². The number of alkyl halides is 2. The van der Waals surface area contributed by atoms with E-state index in [1.807, 2.05) is 38.6 Å². The van der Waals surface area contributed by atoms with Gasteiger partial charge in [-0.25, -0.2) is 22.0 Å². The lowest BCUT2D eigenvalue weighted by atomic mass is 10.1. The van der Waals surface area contributed by atoms with E-state index in [2.05, 4.69) is 0 Å². The summed E-state index contributed by atoms with van der Waals surface area (Å²) in [6, 6.07) is -3.70. The van der Waals surface area contributed by atoms with Crippen LogP contribution in [0.25, 0.3) is 0 Å². The van der Waals surface area contributed by atoms with E-state index in [9.17, 15) is 18.0 Å². The number of hydrogen-bond donors (Lipinski definition) is 1. The molecule has 1 saturated heterocycles. The van der Waals surface area contributed by atoms with Gasteiger partial charge in [0.2, 0.25) is 0 Å². The summed E-state index contributed by atoms with van der Waals surface area (Å²) in [6.45, 7) is 13.4. The normalized spacial score (nSPS) is 24.5. The summed E-state index contributed by atoms with van der Waals surface area (Å²) >= 11 is 0. The number of hydrogen-bond acceptors (Lipinski definition) is 6. The van der Waals surface area contributed by atoms with Gasteiger partial charge in [0.15, 0.2) is 8.32 Å². The van der Waals surface area contributed by atoms with Crippen LogP contribution >= 0.6 is 0 Å². The predicted molar refractivity (Wildman–Crippen MR) is 118 cm³/mol. The largest absolute Gasteiger partial charge is 0.444 e. The molecule has 1 amide bonds. The van der Waals surface area contributed by atoms with Crippen molar-refractivity contribution in [3.63, 3.8) is 0 Å². The molecule has 2 fully saturated rings. The lowest BCUT2D eigenvalue weighted by Gasteiger charge is -2.38. The summed E-state index contributed by atoms with van der Waals surface area (Å²) in [5.74, 6) is -4.32. The maximum Gasteiger partial charge on any atom is 0.410 e. The van der Waals surface area contributed by atoms with E-state index in [1.165, 1.54) is 0 Å². The molecule has 12 heteroatoms. The van der Waals surface area contributed by atoms with E-state index in [0.29, 0.717) is 12.8 Å². The van der Waals surface area contributed by atoms with E-state index in [-0.39, 0.29) is 5.04 Å². The smallest absolute Gasteiger partial charge is 0.410 e. The van der Waals surface area contributed by atoms with Gasteiger partial charge in [-0.15, -0.1) is 0 Å². The molecule has 0 aromatic carbocycles. The van der Waals surface area contributed by atoms with Gasteiger partial charge < -0.3 is 9.16 Å². The maximum absolute atomic E-state index is 15.4. The first-order valence-corrected chi connectivity index (χ1v) is 15.2. The molecule has 1 saturated carbocycles. The van der Waals surface area contributed by atoms with Gasteiger partial charge >= 0.3 is 6.09 Å². The van der Waals surface area contributed by atoms with Gasteiger partial charge in [-0.3, -0.25) is 9.69 Å². The number of halogens is 2. The highest BCUT2D eigenvalue weighted by Gasteiger charge is 2.61. The zero-order chi connectivity index (χ0) is 24.9. The van der Waals surface area contributed by atoms with Crippen molar-refractivity contribution >= 4 is 29.5 Å².